The van der Waals surface area contributed by atoms with Crippen molar-refractivity contribution in [3.63, 3.8) is 0 Å². The Morgan fingerprint density at radius 3 is 2.26 bits per heavy atom. The average Bonchev–Trinajstić information content (AvgIpc) is 2.52. The van der Waals surface area contributed by atoms with E-state index < -0.39 is 0 Å². The molecule has 0 amide bonds. The molecule has 0 spiro atoms. The van der Waals surface area contributed by atoms with Crippen molar-refractivity contribution < 1.29 is 0 Å². The molecule has 0 N–H and O–H groups in total. The van der Waals surface area contributed by atoms with Crippen LogP contribution in [0.25, 0.3) is 5.57 Å². The largest absolute Gasteiger partial charge is 0.266 e. The van der Waals surface area contributed by atoms with Gasteiger partial charge in [0.05, 0.1) is 0 Å². The molecule has 0 aliphatic heterocycles. The zero-order valence-corrected chi connectivity index (χ0v) is 15.4. The van der Waals surface area contributed by atoms with Crippen molar-refractivity contribution in [2.75, 3.05) is 0 Å². The van der Waals surface area contributed by atoms with Gasteiger partial charge >= 0.3 is 0 Å². The van der Waals surface area contributed by atoms with Gasteiger partial charge in [-0.2, -0.15) is 0 Å². The maximum absolute atomic E-state index is 5.62. The Kier molecular flexibility index (Phi) is 7.55. The zero-order chi connectivity index (χ0) is 17.4. The monoisotopic (exact) mass is 307 g/mol. The number of benzene rings is 1. The second kappa shape index (κ2) is 9.16. The third kappa shape index (κ3) is 5.91. The summed E-state index contributed by atoms with van der Waals surface area (Å²) in [7, 11) is 0. The molecule has 0 bridgehead atoms. The van der Waals surface area contributed by atoms with E-state index in [1.165, 1.54) is 16.7 Å². The van der Waals surface area contributed by atoms with Crippen LogP contribution >= 0.6 is 0 Å². The molecule has 0 saturated carbocycles. The minimum Gasteiger partial charge on any atom is -0.266 e. The van der Waals surface area contributed by atoms with Gasteiger partial charge in [-0.3, -0.25) is 4.99 Å². The fourth-order valence-electron chi connectivity index (χ4n) is 2.59. The fraction of sp³-hybridized carbons (Fsp3) is 0.409. The first kappa shape index (κ1) is 19.0. The van der Waals surface area contributed by atoms with Crippen LogP contribution in [0, 0.1) is 24.2 Å². The molecule has 1 rings (SSSR count). The van der Waals surface area contributed by atoms with E-state index in [2.05, 4.69) is 62.0 Å². The van der Waals surface area contributed by atoms with Crippen molar-refractivity contribution in [3.8, 4) is 12.3 Å². The van der Waals surface area contributed by atoms with Crippen LogP contribution in [0.2, 0.25) is 0 Å². The molecule has 1 unspecified atom stereocenters. The lowest BCUT2D eigenvalue weighted by Gasteiger charge is -2.12. The van der Waals surface area contributed by atoms with Gasteiger partial charge in [0.2, 0.25) is 0 Å². The maximum Gasteiger partial charge on any atom is 0.0439 e. The SMILES string of the molecule is C#CC(C)C(/C=C(\C)c1ccc(CC(C)C)cc1)=C(/C)N=CC. The summed E-state index contributed by atoms with van der Waals surface area (Å²) in [5.41, 5.74) is 5.91. The highest BCUT2D eigenvalue weighted by Gasteiger charge is 2.08. The van der Waals surface area contributed by atoms with Crippen LogP contribution in [0.1, 0.15) is 52.7 Å². The molecule has 1 heteroatoms. The van der Waals surface area contributed by atoms with E-state index in [4.69, 9.17) is 6.42 Å². The topological polar surface area (TPSA) is 12.4 Å². The Bertz CT molecular complexity index is 634. The Morgan fingerprint density at radius 1 is 1.17 bits per heavy atom. The van der Waals surface area contributed by atoms with Crippen LogP contribution in [0.5, 0.6) is 0 Å². The molecule has 23 heavy (non-hydrogen) atoms. The molecule has 0 radical (unpaired) electrons. The molecule has 0 heterocycles. The predicted octanol–water partition coefficient (Wildman–Crippen LogP) is 5.92. The summed E-state index contributed by atoms with van der Waals surface area (Å²) < 4.78 is 0. The quantitative estimate of drug-likeness (QED) is 0.351. The molecule has 0 aliphatic rings. The first-order valence-electron chi connectivity index (χ1n) is 8.32. The number of hydrogen-bond acceptors (Lipinski definition) is 1. The molecule has 0 aromatic heterocycles. The molecular weight excluding hydrogens is 278 g/mol. The summed E-state index contributed by atoms with van der Waals surface area (Å²) in [5, 5.41) is 0. The van der Waals surface area contributed by atoms with E-state index in [1.807, 2.05) is 27.0 Å². The molecule has 0 fully saturated rings. The number of nitrogens with zero attached hydrogens (tertiary/aromatic N) is 1. The third-order valence-corrected chi connectivity index (χ3v) is 3.88. The number of rotatable bonds is 6. The van der Waals surface area contributed by atoms with E-state index in [0.29, 0.717) is 5.92 Å². The Balaban J connectivity index is 3.14. The van der Waals surface area contributed by atoms with Gasteiger partial charge in [-0.15, -0.1) is 6.42 Å². The van der Waals surface area contributed by atoms with Crippen molar-refractivity contribution >= 4 is 11.8 Å². The smallest absolute Gasteiger partial charge is 0.0439 e. The van der Waals surface area contributed by atoms with Crippen molar-refractivity contribution in [1.82, 2.24) is 0 Å². The van der Waals surface area contributed by atoms with Gasteiger partial charge < -0.3 is 0 Å². The number of aliphatic imine (C=N–C) groups is 1. The number of hydrogen-bond donors (Lipinski definition) is 0. The predicted molar refractivity (Wildman–Crippen MR) is 103 cm³/mol. The van der Waals surface area contributed by atoms with Gasteiger partial charge in [0.25, 0.3) is 0 Å². The van der Waals surface area contributed by atoms with Crippen LogP contribution in [-0.2, 0) is 6.42 Å². The second-order valence-electron chi connectivity index (χ2n) is 6.44. The van der Waals surface area contributed by atoms with Crippen molar-refractivity contribution in [2.24, 2.45) is 16.8 Å². The molecule has 1 nitrogen and oxygen atoms in total. The first-order chi connectivity index (χ1) is 10.9. The van der Waals surface area contributed by atoms with Gasteiger partial charge in [-0.25, -0.2) is 0 Å². The molecule has 0 saturated heterocycles. The highest BCUT2D eigenvalue weighted by Crippen LogP contribution is 2.24. The van der Waals surface area contributed by atoms with E-state index in [-0.39, 0.29) is 5.92 Å². The molecule has 1 aromatic rings. The van der Waals surface area contributed by atoms with E-state index in [0.717, 1.165) is 17.7 Å². The van der Waals surface area contributed by atoms with Gasteiger partial charge in [-0.05, 0) is 62.3 Å². The van der Waals surface area contributed by atoms with Crippen molar-refractivity contribution in [2.45, 2.75) is 48.0 Å². The Morgan fingerprint density at radius 2 is 1.78 bits per heavy atom. The molecule has 0 aliphatic carbocycles. The fourth-order valence-corrected chi connectivity index (χ4v) is 2.59. The standard InChI is InChI=1S/C22H29N/c1-8-17(5)22(19(7)23-9-2)15-18(6)21-12-10-20(11-13-21)14-16(3)4/h1,9-13,15-17H,14H2,2-7H3/b18-15+,22-19-,23-9?. The first-order valence-corrected chi connectivity index (χ1v) is 8.32. The highest BCUT2D eigenvalue weighted by atomic mass is 14.7. The minimum absolute atomic E-state index is 0.0499. The van der Waals surface area contributed by atoms with Gasteiger partial charge in [0, 0.05) is 17.8 Å². The summed E-state index contributed by atoms with van der Waals surface area (Å²) in [4.78, 5) is 4.40. The van der Waals surface area contributed by atoms with E-state index >= 15 is 0 Å². The van der Waals surface area contributed by atoms with E-state index in [1.54, 1.807) is 0 Å². The average molecular weight is 307 g/mol. The maximum atomic E-state index is 5.62. The lowest BCUT2D eigenvalue weighted by molar-refractivity contribution is 0.647. The van der Waals surface area contributed by atoms with Crippen LogP contribution in [0.4, 0.5) is 0 Å². The lowest BCUT2D eigenvalue weighted by Crippen LogP contribution is -1.98. The zero-order valence-electron chi connectivity index (χ0n) is 15.4. The summed E-state index contributed by atoms with van der Waals surface area (Å²) in [6.45, 7) is 12.6. The summed E-state index contributed by atoms with van der Waals surface area (Å²) in [6, 6.07) is 8.83. The lowest BCUT2D eigenvalue weighted by atomic mass is 9.94. The second-order valence-corrected chi connectivity index (χ2v) is 6.44. The number of terminal acetylenes is 1. The van der Waals surface area contributed by atoms with Crippen LogP contribution < -0.4 is 0 Å². The van der Waals surface area contributed by atoms with Gasteiger partial charge in [0.15, 0.2) is 0 Å². The highest BCUT2D eigenvalue weighted by molar-refractivity contribution is 5.67. The summed E-state index contributed by atoms with van der Waals surface area (Å²) >= 11 is 0. The third-order valence-electron chi connectivity index (χ3n) is 3.88. The molecule has 1 atom stereocenters. The number of allylic oxidation sites excluding steroid dienone is 4. The van der Waals surface area contributed by atoms with Gasteiger partial charge in [0.1, 0.15) is 0 Å². The normalized spacial score (nSPS) is 14.8. The Labute approximate surface area is 142 Å². The minimum atomic E-state index is 0.0499. The summed E-state index contributed by atoms with van der Waals surface area (Å²) in [5.74, 6) is 3.54. The van der Waals surface area contributed by atoms with Crippen LogP contribution in [-0.4, -0.2) is 6.21 Å². The van der Waals surface area contributed by atoms with Crippen LogP contribution in [0.3, 0.4) is 0 Å². The Hall–Kier alpha value is -2.07. The summed E-state index contributed by atoms with van der Waals surface area (Å²) in [6.07, 6.45) is 10.7. The van der Waals surface area contributed by atoms with Gasteiger partial charge in [-0.1, -0.05) is 50.1 Å². The van der Waals surface area contributed by atoms with E-state index in [9.17, 15) is 0 Å². The molecular formula is C22H29N. The molecule has 122 valence electrons. The van der Waals surface area contributed by atoms with Crippen molar-refractivity contribution in [1.29, 1.82) is 0 Å². The van der Waals surface area contributed by atoms with Crippen LogP contribution in [0.15, 0.2) is 46.6 Å². The van der Waals surface area contributed by atoms with Crippen molar-refractivity contribution in [3.05, 3.63) is 52.7 Å². The molecule has 1 aromatic carbocycles.